The van der Waals surface area contributed by atoms with Gasteiger partial charge in [-0.05, 0) is 54.7 Å². The topological polar surface area (TPSA) is 93.7 Å². The molecule has 0 unspecified atom stereocenters. The van der Waals surface area contributed by atoms with Crippen molar-refractivity contribution in [2.75, 3.05) is 13.7 Å². The molecule has 0 aliphatic carbocycles. The van der Waals surface area contributed by atoms with Gasteiger partial charge in [-0.15, -0.1) is 0 Å². The molecule has 0 saturated heterocycles. The molecule has 8 heteroatoms. The molecule has 1 amide bonds. The Morgan fingerprint density at radius 1 is 1.00 bits per heavy atom. The molecule has 0 saturated carbocycles. The third kappa shape index (κ3) is 9.67. The number of ether oxygens (including phenoxy) is 2. The largest absolute Gasteiger partial charge is 0.493 e. The first-order valence-corrected chi connectivity index (χ1v) is 12.6. The number of nitrogens with one attached hydrogen (secondary N) is 2. The van der Waals surface area contributed by atoms with Gasteiger partial charge in [0.2, 0.25) is 15.9 Å². The van der Waals surface area contributed by atoms with Crippen LogP contribution in [0.4, 0.5) is 0 Å². The average Bonchev–Trinajstić information content (AvgIpc) is 2.74. The number of hydrogen-bond acceptors (Lipinski definition) is 5. The van der Waals surface area contributed by atoms with Crippen LogP contribution in [0.15, 0.2) is 48.5 Å². The van der Waals surface area contributed by atoms with Gasteiger partial charge in [0.25, 0.3) is 0 Å². The van der Waals surface area contributed by atoms with Crippen molar-refractivity contribution in [3.8, 4) is 11.5 Å². The molecular formula is C25H34N2O5S. The second-order valence-corrected chi connectivity index (χ2v) is 10.3. The van der Waals surface area contributed by atoms with Crippen molar-refractivity contribution < 1.29 is 22.7 Å². The standard InChI is InChI=1S/C25H34N2O5S/c1-18(2)16-32-23-12-10-20(14-24(23)31-5)11-13-25(28)26-15-21-6-8-22(9-7-21)17-33(29,30)27-19(3)4/h6-14,18-19,27H,15-17H2,1-5H3,(H,26,28)/b13-11+. The molecule has 2 aromatic carbocycles. The molecule has 0 aliphatic rings. The number of rotatable bonds is 12. The molecule has 0 heterocycles. The second kappa shape index (κ2) is 12.4. The zero-order chi connectivity index (χ0) is 24.4. The first-order chi connectivity index (χ1) is 15.6. The number of sulfonamides is 1. The summed E-state index contributed by atoms with van der Waals surface area (Å²) in [6.45, 7) is 8.65. The van der Waals surface area contributed by atoms with Gasteiger partial charge in [0, 0.05) is 18.7 Å². The molecular weight excluding hydrogens is 440 g/mol. The van der Waals surface area contributed by atoms with Crippen molar-refractivity contribution in [1.29, 1.82) is 0 Å². The highest BCUT2D eigenvalue weighted by atomic mass is 32.2. The lowest BCUT2D eigenvalue weighted by Gasteiger charge is -2.12. The summed E-state index contributed by atoms with van der Waals surface area (Å²) in [5, 5.41) is 2.82. The summed E-state index contributed by atoms with van der Waals surface area (Å²) in [6, 6.07) is 12.5. The summed E-state index contributed by atoms with van der Waals surface area (Å²) < 4.78 is 37.7. The molecule has 0 aliphatic heterocycles. The Bertz CT molecular complexity index is 1040. The molecule has 0 bridgehead atoms. The van der Waals surface area contributed by atoms with Crippen LogP contribution in [0.2, 0.25) is 0 Å². The van der Waals surface area contributed by atoms with Crippen molar-refractivity contribution in [2.45, 2.75) is 46.0 Å². The Kier molecular flexibility index (Phi) is 9.94. The molecule has 0 aromatic heterocycles. The van der Waals surface area contributed by atoms with Crippen LogP contribution in [0.1, 0.15) is 44.4 Å². The van der Waals surface area contributed by atoms with Gasteiger partial charge in [0.15, 0.2) is 11.5 Å². The van der Waals surface area contributed by atoms with E-state index < -0.39 is 10.0 Å². The highest BCUT2D eigenvalue weighted by molar-refractivity contribution is 7.88. The van der Waals surface area contributed by atoms with Gasteiger partial charge in [-0.2, -0.15) is 0 Å². The lowest BCUT2D eigenvalue weighted by molar-refractivity contribution is -0.116. The molecule has 2 N–H and O–H groups in total. The molecule has 33 heavy (non-hydrogen) atoms. The summed E-state index contributed by atoms with van der Waals surface area (Å²) >= 11 is 0. The van der Waals surface area contributed by atoms with Gasteiger partial charge < -0.3 is 14.8 Å². The number of amides is 1. The van der Waals surface area contributed by atoms with Gasteiger partial charge in [-0.1, -0.05) is 44.2 Å². The normalized spacial score (nSPS) is 11.8. The average molecular weight is 475 g/mol. The van der Waals surface area contributed by atoms with Crippen molar-refractivity contribution in [3.63, 3.8) is 0 Å². The van der Waals surface area contributed by atoms with E-state index in [1.165, 1.54) is 6.08 Å². The van der Waals surface area contributed by atoms with Gasteiger partial charge in [-0.25, -0.2) is 13.1 Å². The predicted molar refractivity (Wildman–Crippen MR) is 132 cm³/mol. The highest BCUT2D eigenvalue weighted by Crippen LogP contribution is 2.29. The van der Waals surface area contributed by atoms with E-state index in [1.807, 2.05) is 30.3 Å². The maximum atomic E-state index is 12.2. The minimum absolute atomic E-state index is 0.0781. The fraction of sp³-hybridized carbons (Fsp3) is 0.400. The number of methoxy groups -OCH3 is 1. The quantitative estimate of drug-likeness (QED) is 0.455. The van der Waals surface area contributed by atoms with E-state index in [4.69, 9.17) is 9.47 Å². The van der Waals surface area contributed by atoms with Crippen LogP contribution in [-0.2, 0) is 27.1 Å². The third-order valence-corrected chi connectivity index (χ3v) is 5.99. The molecule has 180 valence electrons. The van der Waals surface area contributed by atoms with Gasteiger partial charge in [0.05, 0.1) is 19.5 Å². The molecule has 2 rings (SSSR count). The predicted octanol–water partition coefficient (Wildman–Crippen LogP) is 3.89. The minimum atomic E-state index is -3.37. The summed E-state index contributed by atoms with van der Waals surface area (Å²) in [7, 11) is -1.78. The first-order valence-electron chi connectivity index (χ1n) is 10.9. The van der Waals surface area contributed by atoms with Crippen molar-refractivity contribution >= 4 is 22.0 Å². The van der Waals surface area contributed by atoms with Crippen LogP contribution in [0.5, 0.6) is 11.5 Å². The molecule has 0 spiro atoms. The summed E-state index contributed by atoms with van der Waals surface area (Å²) in [6.07, 6.45) is 3.17. The summed E-state index contributed by atoms with van der Waals surface area (Å²) in [5.41, 5.74) is 2.38. The van der Waals surface area contributed by atoms with Crippen LogP contribution in [0, 0.1) is 5.92 Å². The van der Waals surface area contributed by atoms with Crippen LogP contribution in [0.25, 0.3) is 6.08 Å². The number of carbonyl (C=O) groups is 1. The van der Waals surface area contributed by atoms with E-state index in [9.17, 15) is 13.2 Å². The first kappa shape index (κ1) is 26.4. The van der Waals surface area contributed by atoms with Gasteiger partial charge >= 0.3 is 0 Å². The van der Waals surface area contributed by atoms with E-state index >= 15 is 0 Å². The van der Waals surface area contributed by atoms with Crippen molar-refractivity contribution in [1.82, 2.24) is 10.0 Å². The SMILES string of the molecule is COc1cc(/C=C/C(=O)NCc2ccc(CS(=O)(=O)NC(C)C)cc2)ccc1OCC(C)C. The van der Waals surface area contributed by atoms with E-state index in [-0.39, 0.29) is 17.7 Å². The third-order valence-electron chi connectivity index (χ3n) is 4.45. The molecule has 0 fully saturated rings. The van der Waals surface area contributed by atoms with E-state index in [2.05, 4.69) is 23.9 Å². The maximum absolute atomic E-state index is 12.2. The summed E-state index contributed by atoms with van der Waals surface area (Å²) in [5.74, 6) is 1.38. The van der Waals surface area contributed by atoms with Crippen LogP contribution in [0.3, 0.4) is 0 Å². The smallest absolute Gasteiger partial charge is 0.244 e. The Labute approximate surface area is 197 Å². The number of hydrogen-bond donors (Lipinski definition) is 2. The summed E-state index contributed by atoms with van der Waals surface area (Å²) in [4.78, 5) is 12.2. The zero-order valence-corrected chi connectivity index (χ0v) is 20.7. The van der Waals surface area contributed by atoms with Gasteiger partial charge in [-0.3, -0.25) is 4.79 Å². The Morgan fingerprint density at radius 2 is 1.67 bits per heavy atom. The van der Waals surface area contributed by atoms with Crippen LogP contribution < -0.4 is 19.5 Å². The van der Waals surface area contributed by atoms with E-state index in [0.29, 0.717) is 36.1 Å². The Hall–Kier alpha value is -2.84. The van der Waals surface area contributed by atoms with Gasteiger partial charge in [0.1, 0.15) is 0 Å². The van der Waals surface area contributed by atoms with Crippen molar-refractivity contribution in [3.05, 3.63) is 65.2 Å². The maximum Gasteiger partial charge on any atom is 0.244 e. The van der Waals surface area contributed by atoms with Crippen LogP contribution in [-0.4, -0.2) is 34.1 Å². The lowest BCUT2D eigenvalue weighted by Crippen LogP contribution is -2.31. The molecule has 0 radical (unpaired) electrons. The number of benzene rings is 2. The highest BCUT2D eigenvalue weighted by Gasteiger charge is 2.12. The monoisotopic (exact) mass is 474 g/mol. The Balaban J connectivity index is 1.89. The Morgan fingerprint density at radius 3 is 2.27 bits per heavy atom. The number of carbonyl (C=O) groups excluding carboxylic acids is 1. The zero-order valence-electron chi connectivity index (χ0n) is 19.9. The molecule has 2 aromatic rings. The van der Waals surface area contributed by atoms with Crippen LogP contribution >= 0.6 is 0 Å². The fourth-order valence-electron chi connectivity index (χ4n) is 2.96. The molecule has 7 nitrogen and oxygen atoms in total. The minimum Gasteiger partial charge on any atom is -0.493 e. The van der Waals surface area contributed by atoms with E-state index in [1.54, 1.807) is 39.2 Å². The van der Waals surface area contributed by atoms with Crippen molar-refractivity contribution in [2.24, 2.45) is 5.92 Å². The lowest BCUT2D eigenvalue weighted by atomic mass is 10.1. The second-order valence-electron chi connectivity index (χ2n) is 8.51. The fourth-order valence-corrected chi connectivity index (χ4v) is 4.39. The van der Waals surface area contributed by atoms with E-state index in [0.717, 1.165) is 11.1 Å². The molecule has 0 atom stereocenters.